The number of hydrogen-bond donors (Lipinski definition) is 0. The molecule has 20 heavy (non-hydrogen) atoms. The van der Waals surface area contributed by atoms with E-state index in [4.69, 9.17) is 0 Å². The molecule has 0 amide bonds. The number of aromatic nitrogens is 2. The smallest absolute Gasteiger partial charge is 0.250 e. The van der Waals surface area contributed by atoms with Gasteiger partial charge in [0, 0.05) is 11.6 Å². The van der Waals surface area contributed by atoms with Crippen LogP contribution in [-0.2, 0) is 0 Å². The lowest BCUT2D eigenvalue weighted by Crippen LogP contribution is -2.33. The fourth-order valence-corrected chi connectivity index (χ4v) is 1.96. The maximum Gasteiger partial charge on any atom is 0.250 e. The van der Waals surface area contributed by atoms with Gasteiger partial charge in [-0.25, -0.2) is 0 Å². The summed E-state index contributed by atoms with van der Waals surface area (Å²) in [6, 6.07) is 15.9. The molecule has 0 saturated carbocycles. The predicted octanol–water partition coefficient (Wildman–Crippen LogP) is 1.26. The van der Waals surface area contributed by atoms with Gasteiger partial charge < -0.3 is 9.63 Å². The summed E-state index contributed by atoms with van der Waals surface area (Å²) in [5.74, 6) is -0.698. The van der Waals surface area contributed by atoms with Crippen molar-refractivity contribution in [2.75, 3.05) is 0 Å². The molecule has 0 fully saturated rings. The summed E-state index contributed by atoms with van der Waals surface area (Å²) in [7, 11) is 0. The number of ketones is 1. The minimum Gasteiger partial charge on any atom is -0.539 e. The zero-order valence-electron chi connectivity index (χ0n) is 10.4. The van der Waals surface area contributed by atoms with Gasteiger partial charge in [-0.1, -0.05) is 42.5 Å². The third-order valence-corrected chi connectivity index (χ3v) is 2.88. The standard InChI is InChI=1S/C15H10N2O3/c18-14-10-17(16-20-14)13-9-5-4-8-12(13)15(19)11-6-2-1-3-7-11/h1-10H. The van der Waals surface area contributed by atoms with E-state index in [2.05, 4.69) is 9.79 Å². The number of carbonyl (C=O) groups excluding carboxylic acids is 1. The van der Waals surface area contributed by atoms with Crippen molar-refractivity contribution < 1.29 is 19.1 Å². The van der Waals surface area contributed by atoms with Gasteiger partial charge in [0.2, 0.25) is 11.9 Å². The van der Waals surface area contributed by atoms with Crippen LogP contribution in [0.5, 0.6) is 5.95 Å². The van der Waals surface area contributed by atoms with E-state index >= 15 is 0 Å². The monoisotopic (exact) mass is 266 g/mol. The Morgan fingerprint density at radius 3 is 2.45 bits per heavy atom. The Hall–Kier alpha value is -2.95. The third kappa shape index (κ3) is 2.16. The van der Waals surface area contributed by atoms with Gasteiger partial charge in [0.15, 0.2) is 5.78 Å². The summed E-state index contributed by atoms with van der Waals surface area (Å²) in [4.78, 5) is 12.5. The molecule has 98 valence electrons. The maximum absolute atomic E-state index is 12.5. The largest absolute Gasteiger partial charge is 0.539 e. The molecule has 0 atom stereocenters. The summed E-state index contributed by atoms with van der Waals surface area (Å²) in [5, 5.41) is 14.7. The van der Waals surface area contributed by atoms with Crippen LogP contribution in [0.15, 0.2) is 65.3 Å². The number of para-hydroxylation sites is 1. The van der Waals surface area contributed by atoms with Gasteiger partial charge in [-0.15, -0.1) is 0 Å². The van der Waals surface area contributed by atoms with Crippen LogP contribution < -0.4 is 9.79 Å². The highest BCUT2D eigenvalue weighted by atomic mass is 16.6. The number of benzene rings is 2. The molecule has 0 aliphatic heterocycles. The lowest BCUT2D eigenvalue weighted by molar-refractivity contribution is -0.670. The quantitative estimate of drug-likeness (QED) is 0.528. The van der Waals surface area contributed by atoms with Gasteiger partial charge in [-0.3, -0.25) is 4.79 Å². The third-order valence-electron chi connectivity index (χ3n) is 2.88. The summed E-state index contributed by atoms with van der Waals surface area (Å²) >= 11 is 0. The maximum atomic E-state index is 12.5. The average Bonchev–Trinajstić information content (AvgIpc) is 2.94. The molecule has 3 aromatic rings. The van der Waals surface area contributed by atoms with Crippen LogP contribution in [0.1, 0.15) is 15.9 Å². The Kier molecular flexibility index (Phi) is 3.01. The van der Waals surface area contributed by atoms with Crippen molar-refractivity contribution >= 4 is 5.78 Å². The lowest BCUT2D eigenvalue weighted by Gasteiger charge is -2.01. The van der Waals surface area contributed by atoms with Crippen molar-refractivity contribution in [2.24, 2.45) is 0 Å². The molecule has 0 spiro atoms. The van der Waals surface area contributed by atoms with E-state index in [0.29, 0.717) is 16.8 Å². The average molecular weight is 266 g/mol. The fraction of sp³-hybridized carbons (Fsp3) is 0. The highest BCUT2D eigenvalue weighted by molar-refractivity contribution is 6.10. The van der Waals surface area contributed by atoms with Crippen molar-refractivity contribution in [1.29, 1.82) is 0 Å². The van der Waals surface area contributed by atoms with Crippen LogP contribution in [0.4, 0.5) is 0 Å². The van der Waals surface area contributed by atoms with Gasteiger partial charge in [0.1, 0.15) is 5.95 Å². The molecule has 0 saturated heterocycles. The van der Waals surface area contributed by atoms with Crippen LogP contribution in [0.25, 0.3) is 5.69 Å². The summed E-state index contributed by atoms with van der Waals surface area (Å²) in [5.41, 5.74) is 1.54. The highest BCUT2D eigenvalue weighted by Gasteiger charge is 2.21. The first-order valence-corrected chi connectivity index (χ1v) is 6.00. The molecule has 0 aliphatic rings. The molecular weight excluding hydrogens is 256 g/mol. The van der Waals surface area contributed by atoms with Crippen LogP contribution in [0, 0.1) is 0 Å². The number of rotatable bonds is 3. The van der Waals surface area contributed by atoms with Crippen LogP contribution in [-0.4, -0.2) is 11.1 Å². The zero-order chi connectivity index (χ0) is 13.9. The normalized spacial score (nSPS) is 10.4. The molecule has 1 aromatic heterocycles. The SMILES string of the molecule is O=C(c1ccccc1)c1ccccc1-[n+]1cc([O-])on1. The topological polar surface area (TPSA) is 70.0 Å². The highest BCUT2D eigenvalue weighted by Crippen LogP contribution is 2.14. The van der Waals surface area contributed by atoms with Crippen molar-refractivity contribution in [3.63, 3.8) is 0 Å². The Bertz CT molecular complexity index is 751. The van der Waals surface area contributed by atoms with Crippen molar-refractivity contribution in [3.05, 3.63) is 71.9 Å². The van der Waals surface area contributed by atoms with Crippen LogP contribution >= 0.6 is 0 Å². The van der Waals surface area contributed by atoms with Crippen molar-refractivity contribution in [3.8, 4) is 11.6 Å². The molecule has 2 aromatic carbocycles. The van der Waals surface area contributed by atoms with Crippen molar-refractivity contribution in [1.82, 2.24) is 5.27 Å². The van der Waals surface area contributed by atoms with E-state index in [1.54, 1.807) is 48.5 Å². The van der Waals surface area contributed by atoms with Gasteiger partial charge in [0.05, 0.1) is 10.8 Å². The van der Waals surface area contributed by atoms with E-state index in [-0.39, 0.29) is 5.78 Å². The van der Waals surface area contributed by atoms with E-state index in [1.807, 2.05) is 6.07 Å². The second-order valence-corrected chi connectivity index (χ2v) is 4.18. The summed E-state index contributed by atoms with van der Waals surface area (Å²) in [6.07, 6.45) is 1.19. The summed E-state index contributed by atoms with van der Waals surface area (Å²) < 4.78 is 5.77. The van der Waals surface area contributed by atoms with E-state index in [0.717, 1.165) is 0 Å². The number of nitrogens with zero attached hydrogens (tertiary/aromatic N) is 2. The molecule has 0 N–H and O–H groups in total. The van der Waals surface area contributed by atoms with E-state index in [1.165, 1.54) is 10.9 Å². The first kappa shape index (κ1) is 12.1. The molecule has 1 heterocycles. The molecule has 5 nitrogen and oxygen atoms in total. The Morgan fingerprint density at radius 2 is 1.75 bits per heavy atom. The molecule has 0 aliphatic carbocycles. The Labute approximate surface area is 114 Å². The van der Waals surface area contributed by atoms with Gasteiger partial charge in [0.25, 0.3) is 0 Å². The fourth-order valence-electron chi connectivity index (χ4n) is 1.96. The molecule has 3 rings (SSSR count). The van der Waals surface area contributed by atoms with Gasteiger partial charge >= 0.3 is 0 Å². The summed E-state index contributed by atoms with van der Waals surface area (Å²) in [6.45, 7) is 0. The molecule has 0 radical (unpaired) electrons. The number of carbonyl (C=O) groups is 1. The molecule has 0 unspecified atom stereocenters. The van der Waals surface area contributed by atoms with Gasteiger partial charge in [-0.05, 0) is 10.7 Å². The minimum absolute atomic E-state index is 0.135. The van der Waals surface area contributed by atoms with Crippen LogP contribution in [0.2, 0.25) is 0 Å². The van der Waals surface area contributed by atoms with Crippen molar-refractivity contribution in [2.45, 2.75) is 0 Å². The second-order valence-electron chi connectivity index (χ2n) is 4.18. The number of hydrogen-bond acceptors (Lipinski definition) is 4. The Balaban J connectivity index is 2.09. The lowest BCUT2D eigenvalue weighted by atomic mass is 10.0. The second kappa shape index (κ2) is 4.97. The minimum atomic E-state index is -0.563. The van der Waals surface area contributed by atoms with Gasteiger partial charge in [-0.2, -0.15) is 0 Å². The Morgan fingerprint density at radius 1 is 1.05 bits per heavy atom. The first-order chi connectivity index (χ1) is 9.75. The zero-order valence-corrected chi connectivity index (χ0v) is 10.4. The molecule has 0 bridgehead atoms. The predicted molar refractivity (Wildman–Crippen MR) is 67.4 cm³/mol. The van der Waals surface area contributed by atoms with Crippen LogP contribution in [0.3, 0.4) is 0 Å². The first-order valence-electron chi connectivity index (χ1n) is 6.00. The molecular formula is C15H10N2O3. The van der Waals surface area contributed by atoms with E-state index < -0.39 is 5.95 Å². The molecule has 5 heteroatoms. The van der Waals surface area contributed by atoms with E-state index in [9.17, 15) is 9.90 Å².